The van der Waals surface area contributed by atoms with Crippen LogP contribution in [0.2, 0.25) is 0 Å². The third-order valence-electron chi connectivity index (χ3n) is 3.07. The normalized spacial score (nSPS) is 12.1. The van der Waals surface area contributed by atoms with Crippen molar-refractivity contribution in [2.45, 2.75) is 23.6 Å². The first-order chi connectivity index (χ1) is 9.02. The molecule has 0 spiro atoms. The molecule has 0 aliphatic heterocycles. The fourth-order valence-electron chi connectivity index (χ4n) is 1.85. The van der Waals surface area contributed by atoms with E-state index in [4.69, 9.17) is 5.11 Å². The molecule has 0 aromatic heterocycles. The Bertz CT molecular complexity index is 662. The molecule has 0 amide bonds. The molecule has 19 heavy (non-hydrogen) atoms. The van der Waals surface area contributed by atoms with E-state index in [0.29, 0.717) is 9.79 Å². The summed E-state index contributed by atoms with van der Waals surface area (Å²) in [6.07, 6.45) is 0. The molecule has 0 saturated carbocycles. The number of carboxylic acids is 1. The van der Waals surface area contributed by atoms with Crippen LogP contribution in [0, 0.1) is 13.8 Å². The van der Waals surface area contributed by atoms with Gasteiger partial charge in [0, 0.05) is 4.90 Å². The summed E-state index contributed by atoms with van der Waals surface area (Å²) in [5, 5.41) is 9.15. The van der Waals surface area contributed by atoms with E-state index in [-0.39, 0.29) is 5.56 Å². The zero-order valence-corrected chi connectivity index (χ0v) is 11.5. The number of hydrogen-bond acceptors (Lipinski definition) is 2. The first-order valence-corrected chi connectivity index (χ1v) is 6.97. The van der Waals surface area contributed by atoms with E-state index >= 15 is 0 Å². The lowest BCUT2D eigenvalue weighted by Gasteiger charge is -2.10. The second-order valence-corrected chi connectivity index (χ2v) is 5.69. The Hall–Kier alpha value is -1.94. The molecule has 2 rings (SSSR count). The zero-order valence-electron chi connectivity index (χ0n) is 10.7. The van der Waals surface area contributed by atoms with Crippen molar-refractivity contribution in [1.29, 1.82) is 0 Å². The van der Waals surface area contributed by atoms with Crippen LogP contribution in [-0.2, 0) is 10.8 Å². The number of hydrogen-bond donors (Lipinski definition) is 1. The number of carboxylic acid groups (broad SMARTS) is 1. The Morgan fingerprint density at radius 2 is 1.63 bits per heavy atom. The van der Waals surface area contributed by atoms with Crippen LogP contribution in [0.3, 0.4) is 0 Å². The molecule has 2 aromatic carbocycles. The van der Waals surface area contributed by atoms with E-state index in [9.17, 15) is 9.00 Å². The molecule has 4 heteroatoms. The first-order valence-electron chi connectivity index (χ1n) is 5.82. The van der Waals surface area contributed by atoms with Gasteiger partial charge >= 0.3 is 5.97 Å². The van der Waals surface area contributed by atoms with Crippen LogP contribution in [0.25, 0.3) is 0 Å². The van der Waals surface area contributed by atoms with Gasteiger partial charge in [0.15, 0.2) is 0 Å². The molecule has 0 aliphatic rings. The minimum absolute atomic E-state index is 0.0849. The second-order valence-electron chi connectivity index (χ2n) is 4.27. The Morgan fingerprint density at radius 1 is 1.00 bits per heavy atom. The summed E-state index contributed by atoms with van der Waals surface area (Å²) in [6.45, 7) is 3.84. The SMILES string of the molecule is Cc1cccc([S@@](=O)c2ccccc2C(=O)O)c1C. The van der Waals surface area contributed by atoms with Crippen molar-refractivity contribution in [2.24, 2.45) is 0 Å². The molecular weight excluding hydrogens is 260 g/mol. The second kappa shape index (κ2) is 5.36. The number of aromatic carboxylic acids is 1. The Morgan fingerprint density at radius 3 is 2.32 bits per heavy atom. The average molecular weight is 274 g/mol. The van der Waals surface area contributed by atoms with Crippen molar-refractivity contribution >= 4 is 16.8 Å². The summed E-state index contributed by atoms with van der Waals surface area (Å²) < 4.78 is 12.6. The molecule has 0 saturated heterocycles. The maximum absolute atomic E-state index is 12.6. The van der Waals surface area contributed by atoms with Gasteiger partial charge in [0.25, 0.3) is 0 Å². The van der Waals surface area contributed by atoms with Gasteiger partial charge in [0.05, 0.1) is 21.3 Å². The van der Waals surface area contributed by atoms with Gasteiger partial charge in [-0.3, -0.25) is 0 Å². The fraction of sp³-hybridized carbons (Fsp3) is 0.133. The third-order valence-corrected chi connectivity index (χ3v) is 4.67. The molecule has 2 aromatic rings. The Balaban J connectivity index is 2.57. The first kappa shape index (κ1) is 13.5. The number of aryl methyl sites for hydroxylation is 1. The van der Waals surface area contributed by atoms with Crippen molar-refractivity contribution in [3.8, 4) is 0 Å². The van der Waals surface area contributed by atoms with E-state index in [1.54, 1.807) is 24.3 Å². The summed E-state index contributed by atoms with van der Waals surface area (Å²) in [5.41, 5.74) is 2.06. The van der Waals surface area contributed by atoms with Gasteiger partial charge in [0.2, 0.25) is 0 Å². The highest BCUT2D eigenvalue weighted by Crippen LogP contribution is 2.24. The maximum atomic E-state index is 12.6. The number of carbonyl (C=O) groups is 1. The molecule has 98 valence electrons. The molecule has 0 aliphatic carbocycles. The van der Waals surface area contributed by atoms with Gasteiger partial charge in [-0.15, -0.1) is 0 Å². The lowest BCUT2D eigenvalue weighted by Crippen LogP contribution is -2.05. The van der Waals surface area contributed by atoms with Crippen LogP contribution in [-0.4, -0.2) is 15.3 Å². The van der Waals surface area contributed by atoms with Crippen LogP contribution in [0.4, 0.5) is 0 Å². The van der Waals surface area contributed by atoms with Gasteiger partial charge in [-0.05, 0) is 43.2 Å². The van der Waals surface area contributed by atoms with Crippen LogP contribution in [0.1, 0.15) is 21.5 Å². The molecule has 0 heterocycles. The lowest BCUT2D eigenvalue weighted by molar-refractivity contribution is 0.0693. The molecule has 1 N–H and O–H groups in total. The summed E-state index contributed by atoms with van der Waals surface area (Å²) in [7, 11) is -1.48. The fourth-order valence-corrected chi connectivity index (χ4v) is 3.28. The van der Waals surface area contributed by atoms with E-state index in [2.05, 4.69) is 0 Å². The van der Waals surface area contributed by atoms with E-state index in [1.165, 1.54) is 6.07 Å². The van der Waals surface area contributed by atoms with Gasteiger partial charge in [-0.2, -0.15) is 0 Å². The minimum Gasteiger partial charge on any atom is -0.478 e. The molecule has 0 unspecified atom stereocenters. The van der Waals surface area contributed by atoms with E-state index < -0.39 is 16.8 Å². The van der Waals surface area contributed by atoms with Gasteiger partial charge in [0.1, 0.15) is 0 Å². The van der Waals surface area contributed by atoms with Crippen molar-refractivity contribution < 1.29 is 14.1 Å². The van der Waals surface area contributed by atoms with Crippen LogP contribution in [0.15, 0.2) is 52.3 Å². The summed E-state index contributed by atoms with van der Waals surface area (Å²) in [4.78, 5) is 12.2. The van der Waals surface area contributed by atoms with Crippen molar-refractivity contribution in [2.75, 3.05) is 0 Å². The average Bonchev–Trinajstić information content (AvgIpc) is 2.41. The van der Waals surface area contributed by atoms with Crippen LogP contribution in [0.5, 0.6) is 0 Å². The zero-order chi connectivity index (χ0) is 14.0. The minimum atomic E-state index is -1.48. The summed E-state index contributed by atoms with van der Waals surface area (Å²) >= 11 is 0. The Kier molecular flexibility index (Phi) is 3.81. The predicted octanol–water partition coefficient (Wildman–Crippen LogP) is 3.17. The molecule has 0 bridgehead atoms. The van der Waals surface area contributed by atoms with Crippen LogP contribution >= 0.6 is 0 Å². The van der Waals surface area contributed by atoms with Crippen molar-refractivity contribution in [3.63, 3.8) is 0 Å². The summed E-state index contributed by atoms with van der Waals surface area (Å²) in [5.74, 6) is -1.06. The standard InChI is InChI=1S/C15H14O3S/c1-10-6-5-9-13(11(10)2)19(18)14-8-4-3-7-12(14)15(16)17/h3-9H,1-2H3,(H,16,17)/t19-/m1/s1. The van der Waals surface area contributed by atoms with Gasteiger partial charge < -0.3 is 5.11 Å². The molecule has 0 radical (unpaired) electrons. The monoisotopic (exact) mass is 274 g/mol. The maximum Gasteiger partial charge on any atom is 0.336 e. The summed E-state index contributed by atoms with van der Waals surface area (Å²) in [6, 6.07) is 12.0. The highest BCUT2D eigenvalue weighted by atomic mass is 32.2. The number of rotatable bonds is 3. The molecular formula is C15H14O3S. The van der Waals surface area contributed by atoms with Crippen molar-refractivity contribution in [1.82, 2.24) is 0 Å². The highest BCUT2D eigenvalue weighted by Gasteiger charge is 2.17. The molecule has 3 nitrogen and oxygen atoms in total. The van der Waals surface area contributed by atoms with E-state index in [1.807, 2.05) is 26.0 Å². The Labute approximate surface area is 114 Å². The number of benzene rings is 2. The smallest absolute Gasteiger partial charge is 0.336 e. The third kappa shape index (κ3) is 2.58. The lowest BCUT2D eigenvalue weighted by atomic mass is 10.1. The van der Waals surface area contributed by atoms with E-state index in [0.717, 1.165) is 11.1 Å². The van der Waals surface area contributed by atoms with Gasteiger partial charge in [-0.1, -0.05) is 24.3 Å². The van der Waals surface area contributed by atoms with Crippen LogP contribution < -0.4 is 0 Å². The quantitative estimate of drug-likeness (QED) is 0.935. The largest absolute Gasteiger partial charge is 0.478 e. The molecule has 1 atom stereocenters. The van der Waals surface area contributed by atoms with Gasteiger partial charge in [-0.25, -0.2) is 9.00 Å². The van der Waals surface area contributed by atoms with Crippen molar-refractivity contribution in [3.05, 3.63) is 59.2 Å². The topological polar surface area (TPSA) is 54.4 Å². The predicted molar refractivity (Wildman–Crippen MR) is 74.0 cm³/mol. The molecule has 0 fully saturated rings. The highest BCUT2D eigenvalue weighted by molar-refractivity contribution is 7.85.